The van der Waals surface area contributed by atoms with Gasteiger partial charge in [0.2, 0.25) is 5.91 Å². The number of aliphatic imine (C=N–C) groups is 1. The molecule has 0 aliphatic carbocycles. The predicted octanol–water partition coefficient (Wildman–Crippen LogP) is 2.32. The number of ether oxygens (including phenoxy) is 10. The summed E-state index contributed by atoms with van der Waals surface area (Å²) in [6, 6.07) is 5.09. The minimum atomic E-state index is -1.17. The number of fused-ring (bicyclic) bond motifs is 1. The first-order chi connectivity index (χ1) is 35.2. The number of hydrogen-bond donors (Lipinski definition) is 4. The number of aliphatic hydroxyl groups is 1. The molecule has 2 aliphatic rings. The molecule has 72 heavy (non-hydrogen) atoms. The Morgan fingerprint density at radius 3 is 1.72 bits per heavy atom. The molecule has 2 amide bonds. The number of nitrogens with two attached hydrogens (primary N) is 1. The number of aromatic nitrogens is 2. The number of carbonyl (C=O) groups excluding carboxylic acids is 2. The SMILES string of the molecule is CCCN(OCC)C(=O)C1=Cc2ccc(-c3cnc(C(O)N4CCC[C@@H]4C(=O)NCCOCCOCCOCCOCCOCCOCCOCCOCCOCCOCCC(=O)O)nc3)cc2N=C(N)C1. The third-order valence-electron chi connectivity index (χ3n) is 10.7. The lowest BCUT2D eigenvalue weighted by molar-refractivity contribution is -0.180. The van der Waals surface area contributed by atoms with E-state index in [1.54, 1.807) is 23.4 Å². The Kier molecular flexibility index (Phi) is 31.0. The van der Waals surface area contributed by atoms with E-state index < -0.39 is 18.2 Å². The summed E-state index contributed by atoms with van der Waals surface area (Å²) in [5.41, 5.74) is 9.58. The number of nitrogens with zero attached hydrogens (tertiary/aromatic N) is 5. The van der Waals surface area contributed by atoms with Crippen LogP contribution in [-0.4, -0.2) is 218 Å². The second kappa shape index (κ2) is 37.2. The molecule has 0 spiro atoms. The summed E-state index contributed by atoms with van der Waals surface area (Å²) in [6.45, 7) is 13.7. The molecule has 1 saturated heterocycles. The van der Waals surface area contributed by atoms with Crippen LogP contribution < -0.4 is 11.1 Å². The zero-order valence-corrected chi connectivity index (χ0v) is 42.0. The smallest absolute Gasteiger partial charge is 0.305 e. The molecule has 23 heteroatoms. The molecule has 2 aromatic rings. The quantitative estimate of drug-likeness (QED) is 0.0549. The maximum absolute atomic E-state index is 13.3. The highest BCUT2D eigenvalue weighted by Crippen LogP contribution is 2.33. The minimum absolute atomic E-state index is 0.0158. The van der Waals surface area contributed by atoms with Crippen LogP contribution in [0.1, 0.15) is 63.6 Å². The van der Waals surface area contributed by atoms with E-state index in [1.165, 1.54) is 5.06 Å². The number of aliphatic hydroxyl groups excluding tert-OH is 1. The van der Waals surface area contributed by atoms with Crippen molar-refractivity contribution in [3.8, 4) is 11.1 Å². The molecule has 1 fully saturated rings. The average Bonchev–Trinajstić information content (AvgIpc) is 3.81. The Morgan fingerprint density at radius 2 is 1.24 bits per heavy atom. The summed E-state index contributed by atoms with van der Waals surface area (Å²) in [7, 11) is 0. The van der Waals surface area contributed by atoms with Gasteiger partial charge < -0.3 is 68.6 Å². The van der Waals surface area contributed by atoms with Gasteiger partial charge in [-0.25, -0.2) is 20.0 Å². The van der Waals surface area contributed by atoms with Crippen LogP contribution in [-0.2, 0) is 66.6 Å². The molecular formula is C49H77N7O16. The Morgan fingerprint density at radius 1 is 0.736 bits per heavy atom. The van der Waals surface area contributed by atoms with Crippen LogP contribution in [0.2, 0.25) is 0 Å². The summed E-state index contributed by atoms with van der Waals surface area (Å²) >= 11 is 0. The van der Waals surface area contributed by atoms with Crippen molar-refractivity contribution in [2.75, 3.05) is 158 Å². The van der Waals surface area contributed by atoms with Crippen molar-refractivity contribution in [1.82, 2.24) is 25.2 Å². The number of rotatable bonds is 42. The van der Waals surface area contributed by atoms with Gasteiger partial charge >= 0.3 is 5.97 Å². The number of carboxylic acid groups (broad SMARTS) is 1. The van der Waals surface area contributed by atoms with Gasteiger partial charge in [0.15, 0.2) is 12.1 Å². The summed E-state index contributed by atoms with van der Waals surface area (Å²) in [5, 5.41) is 24.1. The number of nitrogens with one attached hydrogen (secondary N) is 1. The van der Waals surface area contributed by atoms with Crippen LogP contribution >= 0.6 is 0 Å². The van der Waals surface area contributed by atoms with E-state index in [0.717, 1.165) is 24.0 Å². The maximum atomic E-state index is 13.3. The molecule has 1 aromatic carbocycles. The molecule has 1 aromatic heterocycles. The molecule has 0 radical (unpaired) electrons. The fourth-order valence-electron chi connectivity index (χ4n) is 7.19. The second-order valence-corrected chi connectivity index (χ2v) is 16.2. The Balaban J connectivity index is 0.949. The van der Waals surface area contributed by atoms with Gasteiger partial charge in [-0.05, 0) is 43.9 Å². The summed E-state index contributed by atoms with van der Waals surface area (Å²) in [6.07, 6.45) is 6.14. The number of carboxylic acids is 1. The number of hydroxylamine groups is 2. The molecule has 23 nitrogen and oxygen atoms in total. The van der Waals surface area contributed by atoms with E-state index >= 15 is 0 Å². The van der Waals surface area contributed by atoms with Gasteiger partial charge in [-0.15, -0.1) is 0 Å². The van der Waals surface area contributed by atoms with Crippen LogP contribution in [0, 0.1) is 0 Å². The lowest BCUT2D eigenvalue weighted by atomic mass is 10.0. The fourth-order valence-corrected chi connectivity index (χ4v) is 7.19. The van der Waals surface area contributed by atoms with E-state index in [4.69, 9.17) is 63.0 Å². The fraction of sp³-hybridized carbons (Fsp3) is 0.673. The van der Waals surface area contributed by atoms with Gasteiger partial charge in [0.25, 0.3) is 5.91 Å². The van der Waals surface area contributed by atoms with Crippen molar-refractivity contribution in [2.24, 2.45) is 10.7 Å². The molecular weight excluding hydrogens is 943 g/mol. The molecule has 2 aliphatic heterocycles. The topological polar surface area (TPSA) is 276 Å². The van der Waals surface area contributed by atoms with Crippen LogP contribution in [0.4, 0.5) is 5.69 Å². The van der Waals surface area contributed by atoms with Crippen molar-refractivity contribution < 1.29 is 76.8 Å². The van der Waals surface area contributed by atoms with E-state index in [2.05, 4.69) is 20.3 Å². The first kappa shape index (κ1) is 60.0. The van der Waals surface area contributed by atoms with Gasteiger partial charge in [-0.1, -0.05) is 19.1 Å². The minimum Gasteiger partial charge on any atom is -0.481 e. The largest absolute Gasteiger partial charge is 0.481 e. The highest BCUT2D eigenvalue weighted by atomic mass is 16.7. The zero-order chi connectivity index (χ0) is 51.4. The molecule has 0 saturated carbocycles. The Hall–Kier alpha value is -4.60. The van der Waals surface area contributed by atoms with Crippen molar-refractivity contribution >= 4 is 35.4 Å². The lowest BCUT2D eigenvalue weighted by Gasteiger charge is -2.27. The third kappa shape index (κ3) is 24.0. The van der Waals surface area contributed by atoms with Crippen molar-refractivity contribution in [3.63, 3.8) is 0 Å². The molecule has 404 valence electrons. The number of amidine groups is 1. The molecule has 5 N–H and O–H groups in total. The van der Waals surface area contributed by atoms with E-state index in [9.17, 15) is 19.5 Å². The van der Waals surface area contributed by atoms with Crippen molar-refractivity contribution in [3.05, 3.63) is 47.6 Å². The molecule has 2 atom stereocenters. The maximum Gasteiger partial charge on any atom is 0.305 e. The van der Waals surface area contributed by atoms with Crippen LogP contribution in [0.3, 0.4) is 0 Å². The van der Waals surface area contributed by atoms with Crippen LogP contribution in [0.15, 0.2) is 41.2 Å². The number of benzene rings is 1. The third-order valence-corrected chi connectivity index (χ3v) is 10.7. The Labute approximate surface area is 422 Å². The number of likely N-dealkylation sites (tertiary alicyclic amines) is 1. The summed E-state index contributed by atoms with van der Waals surface area (Å²) in [5.74, 6) is -0.825. The first-order valence-electron chi connectivity index (χ1n) is 24.9. The molecule has 1 unspecified atom stereocenters. The molecule has 0 bridgehead atoms. The van der Waals surface area contributed by atoms with E-state index in [-0.39, 0.29) is 37.1 Å². The highest BCUT2D eigenvalue weighted by Gasteiger charge is 2.36. The Bertz CT molecular complexity index is 1890. The normalized spacial score (nSPS) is 15.2. The van der Waals surface area contributed by atoms with Crippen LogP contribution in [0.25, 0.3) is 17.2 Å². The number of aliphatic carboxylic acids is 1. The average molecular weight is 1020 g/mol. The zero-order valence-electron chi connectivity index (χ0n) is 42.0. The monoisotopic (exact) mass is 1020 g/mol. The molecule has 3 heterocycles. The number of hydrogen-bond acceptors (Lipinski definition) is 20. The van der Waals surface area contributed by atoms with Crippen molar-refractivity contribution in [1.29, 1.82) is 0 Å². The number of amides is 2. The number of carbonyl (C=O) groups is 3. The van der Waals surface area contributed by atoms with Gasteiger partial charge in [0, 0.05) is 55.1 Å². The standard InChI is InChI=1S/C49H77N7O16/c1-3-11-56(72-4-2)48(60)40-33-39-8-7-38(34-42(39)54-44(50)35-40)41-36-52-46(53-37-41)49(61)55-12-5-6-43(55)47(59)51-10-14-63-16-18-65-20-22-67-24-26-69-28-30-71-32-31-70-29-27-68-25-23-66-21-19-64-17-15-62-13-9-45(57)58/h7-8,33-34,36-37,43,49,61H,3-6,9-32,35H2,1-2H3,(H2,50,54)(H,51,59)(H,57,58)/t43-,49?/m1/s1. The second-order valence-electron chi connectivity index (χ2n) is 16.2. The van der Waals surface area contributed by atoms with Gasteiger partial charge in [0.1, 0.15) is 5.84 Å². The van der Waals surface area contributed by atoms with Gasteiger partial charge in [-0.3, -0.25) is 24.1 Å². The van der Waals surface area contributed by atoms with E-state index in [0.29, 0.717) is 181 Å². The van der Waals surface area contributed by atoms with Crippen LogP contribution in [0.5, 0.6) is 0 Å². The highest BCUT2D eigenvalue weighted by molar-refractivity contribution is 6.05. The van der Waals surface area contributed by atoms with E-state index in [1.807, 2.05) is 32.0 Å². The summed E-state index contributed by atoms with van der Waals surface area (Å²) in [4.78, 5) is 57.6. The lowest BCUT2D eigenvalue weighted by Crippen LogP contribution is -2.45. The van der Waals surface area contributed by atoms with Crippen molar-refractivity contribution in [2.45, 2.75) is 58.2 Å². The molecule has 4 rings (SSSR count). The van der Waals surface area contributed by atoms with Gasteiger partial charge in [-0.2, -0.15) is 0 Å². The summed E-state index contributed by atoms with van der Waals surface area (Å²) < 4.78 is 54.5. The first-order valence-corrected chi connectivity index (χ1v) is 24.9. The predicted molar refractivity (Wildman–Crippen MR) is 263 cm³/mol. The van der Waals surface area contributed by atoms with Gasteiger partial charge in [0.05, 0.1) is 157 Å².